The minimum Gasteiger partial charge on any atom is -0.497 e. The molecule has 24 heavy (non-hydrogen) atoms. The first-order chi connectivity index (χ1) is 11.5. The van der Waals surface area contributed by atoms with Gasteiger partial charge < -0.3 is 14.3 Å². The van der Waals surface area contributed by atoms with E-state index in [9.17, 15) is 5.11 Å². The Bertz CT molecular complexity index is 692. The maximum atomic E-state index is 10.4. The lowest BCUT2D eigenvalue weighted by molar-refractivity contribution is -0.0433. The molecule has 5 heteroatoms. The van der Waals surface area contributed by atoms with Gasteiger partial charge >= 0.3 is 0 Å². The highest BCUT2D eigenvalue weighted by molar-refractivity contribution is 5.57. The van der Waals surface area contributed by atoms with Gasteiger partial charge in [-0.05, 0) is 56.9 Å². The van der Waals surface area contributed by atoms with Gasteiger partial charge in [-0.1, -0.05) is 0 Å². The normalized spacial score (nSPS) is 29.8. The molecule has 5 nitrogen and oxygen atoms in total. The van der Waals surface area contributed by atoms with Crippen LogP contribution in [0.2, 0.25) is 0 Å². The molecule has 4 rings (SSSR count). The van der Waals surface area contributed by atoms with E-state index in [0.717, 1.165) is 55.2 Å². The van der Waals surface area contributed by atoms with E-state index in [4.69, 9.17) is 9.15 Å². The van der Waals surface area contributed by atoms with Crippen molar-refractivity contribution < 1.29 is 14.3 Å². The van der Waals surface area contributed by atoms with Crippen LogP contribution in [-0.4, -0.2) is 39.8 Å². The highest BCUT2D eigenvalue weighted by atomic mass is 16.5. The monoisotopic (exact) mass is 328 g/mol. The van der Waals surface area contributed by atoms with Crippen LogP contribution >= 0.6 is 0 Å². The molecule has 1 aromatic carbocycles. The molecule has 2 aliphatic heterocycles. The number of piperidine rings is 1. The van der Waals surface area contributed by atoms with E-state index in [1.165, 1.54) is 0 Å². The van der Waals surface area contributed by atoms with Crippen LogP contribution in [-0.2, 0) is 6.54 Å². The number of rotatable bonds is 4. The first kappa shape index (κ1) is 15.7. The fourth-order valence-electron chi connectivity index (χ4n) is 4.24. The number of nitrogens with zero attached hydrogens (tertiary/aromatic N) is 2. The molecule has 2 unspecified atom stereocenters. The zero-order valence-corrected chi connectivity index (χ0v) is 14.2. The van der Waals surface area contributed by atoms with Crippen LogP contribution in [0.5, 0.6) is 5.75 Å². The minimum atomic E-state index is -0.521. The van der Waals surface area contributed by atoms with Crippen molar-refractivity contribution in [1.82, 2.24) is 9.88 Å². The van der Waals surface area contributed by atoms with Gasteiger partial charge in [-0.2, -0.15) is 0 Å². The van der Waals surface area contributed by atoms with Crippen LogP contribution < -0.4 is 4.74 Å². The van der Waals surface area contributed by atoms with Crippen molar-refractivity contribution in [1.29, 1.82) is 0 Å². The Morgan fingerprint density at radius 3 is 2.54 bits per heavy atom. The average molecular weight is 328 g/mol. The third-order valence-corrected chi connectivity index (χ3v) is 5.37. The van der Waals surface area contributed by atoms with Gasteiger partial charge in [-0.15, -0.1) is 0 Å². The molecule has 0 aliphatic carbocycles. The predicted molar refractivity (Wildman–Crippen MR) is 90.7 cm³/mol. The van der Waals surface area contributed by atoms with Gasteiger partial charge in [0, 0.05) is 17.6 Å². The van der Waals surface area contributed by atoms with E-state index in [1.807, 2.05) is 31.2 Å². The lowest BCUT2D eigenvalue weighted by Crippen LogP contribution is -2.49. The Morgan fingerprint density at radius 1 is 1.25 bits per heavy atom. The third kappa shape index (κ3) is 2.94. The van der Waals surface area contributed by atoms with Crippen molar-refractivity contribution in [3.05, 3.63) is 36.4 Å². The van der Waals surface area contributed by atoms with Gasteiger partial charge in [0.05, 0.1) is 25.5 Å². The van der Waals surface area contributed by atoms with E-state index < -0.39 is 5.60 Å². The van der Waals surface area contributed by atoms with Crippen LogP contribution in [0.4, 0.5) is 0 Å². The predicted octanol–water partition coefficient (Wildman–Crippen LogP) is 3.23. The summed E-state index contributed by atoms with van der Waals surface area (Å²) in [6.07, 6.45) is 5.80. The van der Waals surface area contributed by atoms with Crippen molar-refractivity contribution in [2.75, 3.05) is 7.11 Å². The molecule has 0 saturated carbocycles. The Balaban J connectivity index is 1.48. The number of benzene rings is 1. The van der Waals surface area contributed by atoms with Gasteiger partial charge in [-0.3, -0.25) is 4.90 Å². The summed E-state index contributed by atoms with van der Waals surface area (Å²) in [5.74, 6) is 2.36. The third-order valence-electron chi connectivity index (χ3n) is 5.37. The first-order valence-corrected chi connectivity index (χ1v) is 8.61. The molecule has 3 heterocycles. The summed E-state index contributed by atoms with van der Waals surface area (Å²) in [6.45, 7) is 2.68. The van der Waals surface area contributed by atoms with Crippen LogP contribution in [0.15, 0.2) is 34.9 Å². The van der Waals surface area contributed by atoms with Crippen LogP contribution in [0.25, 0.3) is 11.3 Å². The first-order valence-electron chi connectivity index (χ1n) is 8.61. The summed E-state index contributed by atoms with van der Waals surface area (Å²) in [5.41, 5.74) is 0.479. The number of aliphatic hydroxyl groups is 1. The molecule has 1 N–H and O–H groups in total. The molecule has 0 spiro atoms. The molecular weight excluding hydrogens is 304 g/mol. The maximum Gasteiger partial charge on any atom is 0.209 e. The molecule has 2 aliphatic rings. The average Bonchev–Trinajstić information content (AvgIpc) is 3.12. The van der Waals surface area contributed by atoms with Crippen LogP contribution in [0.3, 0.4) is 0 Å². The summed E-state index contributed by atoms with van der Waals surface area (Å²) in [5, 5.41) is 10.4. The molecule has 2 saturated heterocycles. The van der Waals surface area contributed by atoms with Crippen molar-refractivity contribution in [3.63, 3.8) is 0 Å². The molecule has 2 fully saturated rings. The summed E-state index contributed by atoms with van der Waals surface area (Å²) in [4.78, 5) is 6.92. The van der Waals surface area contributed by atoms with Crippen LogP contribution in [0, 0.1) is 0 Å². The van der Waals surface area contributed by atoms with Crippen molar-refractivity contribution >= 4 is 0 Å². The van der Waals surface area contributed by atoms with E-state index >= 15 is 0 Å². The highest BCUT2D eigenvalue weighted by Gasteiger charge is 2.45. The number of aromatic nitrogens is 1. The van der Waals surface area contributed by atoms with E-state index in [2.05, 4.69) is 9.88 Å². The summed E-state index contributed by atoms with van der Waals surface area (Å²) in [7, 11) is 1.66. The molecule has 2 bridgehead atoms. The molecule has 128 valence electrons. The molecule has 0 radical (unpaired) electrons. The summed E-state index contributed by atoms with van der Waals surface area (Å²) in [6, 6.07) is 8.68. The number of fused-ring (bicyclic) bond motifs is 2. The van der Waals surface area contributed by atoms with Gasteiger partial charge in [0.15, 0.2) is 5.76 Å². The second-order valence-corrected chi connectivity index (χ2v) is 7.31. The topological polar surface area (TPSA) is 58.7 Å². The van der Waals surface area contributed by atoms with Gasteiger partial charge in [-0.25, -0.2) is 4.98 Å². The minimum absolute atomic E-state index is 0.440. The lowest BCUT2D eigenvalue weighted by atomic mass is 9.88. The smallest absolute Gasteiger partial charge is 0.209 e. The SMILES string of the molecule is COc1ccc(-c2cnc(CN3C4CCC3CC(C)(O)C4)o2)cc1. The van der Waals surface area contributed by atoms with Gasteiger partial charge in [0.1, 0.15) is 5.75 Å². The summed E-state index contributed by atoms with van der Waals surface area (Å²) >= 11 is 0. The van der Waals surface area contributed by atoms with E-state index in [0.29, 0.717) is 12.1 Å². The molecule has 1 aromatic heterocycles. The van der Waals surface area contributed by atoms with Crippen molar-refractivity contribution in [2.24, 2.45) is 0 Å². The molecular formula is C19H24N2O3. The number of oxazole rings is 1. The number of ether oxygens (including phenoxy) is 1. The zero-order valence-electron chi connectivity index (χ0n) is 14.2. The summed E-state index contributed by atoms with van der Waals surface area (Å²) < 4.78 is 11.2. The largest absolute Gasteiger partial charge is 0.497 e. The fourth-order valence-corrected chi connectivity index (χ4v) is 4.24. The Morgan fingerprint density at radius 2 is 1.92 bits per heavy atom. The number of methoxy groups -OCH3 is 1. The standard InChI is InChI=1S/C19H24N2O3/c1-19(22)9-14-5-6-15(10-19)21(14)12-18-20-11-17(24-18)13-3-7-16(23-2)8-4-13/h3-4,7-8,11,14-15,22H,5-6,9-10,12H2,1-2H3. The molecule has 2 atom stereocenters. The Labute approximate surface area is 142 Å². The second-order valence-electron chi connectivity index (χ2n) is 7.31. The maximum absolute atomic E-state index is 10.4. The molecule has 2 aromatic rings. The molecule has 0 amide bonds. The van der Waals surface area contributed by atoms with E-state index in [1.54, 1.807) is 13.3 Å². The quantitative estimate of drug-likeness (QED) is 0.934. The second kappa shape index (κ2) is 5.90. The highest BCUT2D eigenvalue weighted by Crippen LogP contribution is 2.41. The fraction of sp³-hybridized carbons (Fsp3) is 0.526. The number of hydrogen-bond donors (Lipinski definition) is 1. The Kier molecular flexibility index (Phi) is 3.85. The van der Waals surface area contributed by atoms with Gasteiger partial charge in [0.2, 0.25) is 5.89 Å². The van der Waals surface area contributed by atoms with Crippen molar-refractivity contribution in [2.45, 2.75) is 56.8 Å². The number of hydrogen-bond acceptors (Lipinski definition) is 5. The Hall–Kier alpha value is -1.85. The van der Waals surface area contributed by atoms with Crippen LogP contribution in [0.1, 0.15) is 38.5 Å². The van der Waals surface area contributed by atoms with E-state index in [-0.39, 0.29) is 0 Å². The van der Waals surface area contributed by atoms with Gasteiger partial charge in [0.25, 0.3) is 0 Å². The lowest BCUT2D eigenvalue weighted by Gasteiger charge is -2.41. The van der Waals surface area contributed by atoms with Crippen molar-refractivity contribution in [3.8, 4) is 17.1 Å². The zero-order chi connectivity index (χ0) is 16.7.